The van der Waals surface area contributed by atoms with Crippen LogP contribution in [0.15, 0.2) is 12.1 Å². The Bertz CT molecular complexity index is 510. The third kappa shape index (κ3) is 3.42. The Balaban J connectivity index is 3.06. The number of hydrogen-bond acceptors (Lipinski definition) is 2. The first-order valence-electron chi connectivity index (χ1n) is 5.65. The first-order chi connectivity index (χ1) is 8.45. The molecule has 0 unspecified atom stereocenters. The second-order valence-corrected chi connectivity index (χ2v) is 5.79. The summed E-state index contributed by atoms with van der Waals surface area (Å²) in [6, 6.07) is 1.47. The summed E-state index contributed by atoms with van der Waals surface area (Å²) in [5.74, 6) is -2.96. The molecule has 6 heteroatoms. The van der Waals surface area contributed by atoms with Crippen LogP contribution >= 0.6 is 11.6 Å². The van der Waals surface area contributed by atoms with Gasteiger partial charge in [0, 0.05) is 0 Å². The predicted molar refractivity (Wildman–Crippen MR) is 69.2 cm³/mol. The highest BCUT2D eigenvalue weighted by atomic mass is 35.5. The number of nitrogens with one attached hydrogen (secondary N) is 1. The molecule has 1 rings (SSSR count). The van der Waals surface area contributed by atoms with E-state index in [2.05, 4.69) is 5.32 Å². The van der Waals surface area contributed by atoms with Gasteiger partial charge in [-0.3, -0.25) is 4.79 Å². The molecule has 0 aliphatic rings. The van der Waals surface area contributed by atoms with E-state index in [0.29, 0.717) is 0 Å². The minimum atomic E-state index is -1.20. The van der Waals surface area contributed by atoms with Gasteiger partial charge in [-0.1, -0.05) is 11.6 Å². The highest BCUT2D eigenvalue weighted by Gasteiger charge is 2.36. The Kier molecular flexibility index (Phi) is 4.22. The second kappa shape index (κ2) is 5.06. The van der Waals surface area contributed by atoms with Gasteiger partial charge in [0.1, 0.15) is 0 Å². The third-order valence-corrected chi connectivity index (χ3v) is 3.52. The van der Waals surface area contributed by atoms with Crippen molar-refractivity contribution in [1.29, 1.82) is 0 Å². The van der Waals surface area contributed by atoms with Crippen molar-refractivity contribution in [3.8, 4) is 0 Å². The van der Waals surface area contributed by atoms with E-state index >= 15 is 0 Å². The zero-order valence-electron chi connectivity index (χ0n) is 11.1. The molecule has 0 radical (unpaired) electrons. The van der Waals surface area contributed by atoms with E-state index in [1.807, 2.05) is 0 Å². The maximum absolute atomic E-state index is 13.1. The molecule has 1 aromatic rings. The fraction of sp³-hybridized carbons (Fsp3) is 0.462. The molecule has 0 aromatic heterocycles. The monoisotopic (exact) mass is 291 g/mol. The Morgan fingerprint density at radius 2 is 1.68 bits per heavy atom. The van der Waals surface area contributed by atoms with Crippen LogP contribution in [-0.2, 0) is 0 Å². The lowest BCUT2D eigenvalue weighted by Gasteiger charge is -2.38. The lowest BCUT2D eigenvalue weighted by atomic mass is 9.85. The van der Waals surface area contributed by atoms with Crippen LogP contribution in [0.3, 0.4) is 0 Å². The number of hydrogen-bond donors (Lipinski definition) is 2. The summed E-state index contributed by atoms with van der Waals surface area (Å²) >= 11 is 5.71. The summed E-state index contributed by atoms with van der Waals surface area (Å²) in [6.07, 6.45) is 0. The van der Waals surface area contributed by atoms with Gasteiger partial charge in [0.05, 0.1) is 21.7 Å². The SMILES string of the molecule is CC(C)(O)C(C)(C)NC(=O)c1cc(F)c(F)cc1Cl. The number of carbonyl (C=O) groups excluding carboxylic acids is 1. The van der Waals surface area contributed by atoms with Gasteiger partial charge in [0.2, 0.25) is 0 Å². The Morgan fingerprint density at radius 3 is 2.16 bits per heavy atom. The summed E-state index contributed by atoms with van der Waals surface area (Å²) in [5, 5.41) is 12.3. The van der Waals surface area contributed by atoms with Crippen LogP contribution in [-0.4, -0.2) is 22.2 Å². The number of carbonyl (C=O) groups is 1. The predicted octanol–water partition coefficient (Wildman–Crippen LogP) is 2.90. The number of halogens is 3. The molecule has 0 heterocycles. The summed E-state index contributed by atoms with van der Waals surface area (Å²) < 4.78 is 26.0. The maximum atomic E-state index is 13.1. The van der Waals surface area contributed by atoms with Crippen LogP contribution in [0, 0.1) is 11.6 Å². The second-order valence-electron chi connectivity index (χ2n) is 5.38. The number of rotatable bonds is 3. The number of aliphatic hydroxyl groups is 1. The van der Waals surface area contributed by atoms with Gasteiger partial charge < -0.3 is 10.4 Å². The fourth-order valence-corrected chi connectivity index (χ4v) is 1.44. The Morgan fingerprint density at radius 1 is 1.21 bits per heavy atom. The molecule has 0 saturated heterocycles. The molecular formula is C13H16ClF2NO2. The van der Waals surface area contributed by atoms with E-state index in [9.17, 15) is 18.7 Å². The van der Waals surface area contributed by atoms with Gasteiger partial charge >= 0.3 is 0 Å². The highest BCUT2D eigenvalue weighted by molar-refractivity contribution is 6.33. The zero-order chi connectivity index (χ0) is 15.0. The molecule has 1 amide bonds. The van der Waals surface area contributed by atoms with E-state index < -0.39 is 28.7 Å². The van der Waals surface area contributed by atoms with E-state index in [1.54, 1.807) is 13.8 Å². The summed E-state index contributed by atoms with van der Waals surface area (Å²) in [7, 11) is 0. The molecule has 2 N–H and O–H groups in total. The normalized spacial score (nSPS) is 12.4. The fourth-order valence-electron chi connectivity index (χ4n) is 1.20. The zero-order valence-corrected chi connectivity index (χ0v) is 11.9. The van der Waals surface area contributed by atoms with E-state index in [0.717, 1.165) is 12.1 Å². The third-order valence-electron chi connectivity index (χ3n) is 3.21. The van der Waals surface area contributed by atoms with Crippen LogP contribution in [0.2, 0.25) is 5.02 Å². The number of amides is 1. The standard InChI is InChI=1S/C13H16ClF2NO2/c1-12(2,13(3,4)19)17-11(18)7-5-9(15)10(16)6-8(7)14/h5-6,19H,1-4H3,(H,17,18). The first-order valence-corrected chi connectivity index (χ1v) is 6.03. The minimum Gasteiger partial charge on any atom is -0.388 e. The minimum absolute atomic E-state index is 0.183. The largest absolute Gasteiger partial charge is 0.388 e. The van der Waals surface area contributed by atoms with Gasteiger partial charge in [-0.2, -0.15) is 0 Å². The summed E-state index contributed by atoms with van der Waals surface area (Å²) in [6.45, 7) is 6.28. The van der Waals surface area contributed by atoms with E-state index in [1.165, 1.54) is 13.8 Å². The van der Waals surface area contributed by atoms with Crippen molar-refractivity contribution < 1.29 is 18.7 Å². The Labute approximate surface area is 115 Å². The van der Waals surface area contributed by atoms with Crippen molar-refractivity contribution >= 4 is 17.5 Å². The average molecular weight is 292 g/mol. The van der Waals surface area contributed by atoms with Gasteiger partial charge in [0.15, 0.2) is 11.6 Å². The van der Waals surface area contributed by atoms with Crippen molar-refractivity contribution in [2.75, 3.05) is 0 Å². The van der Waals surface area contributed by atoms with Crippen LogP contribution in [0.5, 0.6) is 0 Å². The molecule has 0 atom stereocenters. The molecule has 0 saturated carbocycles. The maximum Gasteiger partial charge on any atom is 0.253 e. The highest BCUT2D eigenvalue weighted by Crippen LogP contribution is 2.24. The van der Waals surface area contributed by atoms with Gasteiger partial charge in [-0.05, 0) is 39.8 Å². The van der Waals surface area contributed by atoms with Crippen molar-refractivity contribution in [2.24, 2.45) is 0 Å². The molecular weight excluding hydrogens is 276 g/mol. The topological polar surface area (TPSA) is 49.3 Å². The van der Waals surface area contributed by atoms with Crippen LogP contribution in [0.4, 0.5) is 8.78 Å². The average Bonchev–Trinajstić information content (AvgIpc) is 2.20. The molecule has 0 fully saturated rings. The lowest BCUT2D eigenvalue weighted by molar-refractivity contribution is -0.00293. The van der Waals surface area contributed by atoms with Gasteiger partial charge in [-0.25, -0.2) is 8.78 Å². The lowest BCUT2D eigenvalue weighted by Crippen LogP contribution is -2.57. The molecule has 3 nitrogen and oxygen atoms in total. The van der Waals surface area contributed by atoms with E-state index in [-0.39, 0.29) is 10.6 Å². The summed E-state index contributed by atoms with van der Waals surface area (Å²) in [4.78, 5) is 12.0. The smallest absolute Gasteiger partial charge is 0.253 e. The molecule has 0 bridgehead atoms. The van der Waals surface area contributed by atoms with Gasteiger partial charge in [-0.15, -0.1) is 0 Å². The molecule has 0 aliphatic carbocycles. The van der Waals surface area contributed by atoms with Crippen molar-refractivity contribution in [3.63, 3.8) is 0 Å². The Hall–Kier alpha value is -1.20. The molecule has 1 aromatic carbocycles. The first kappa shape index (κ1) is 15.9. The van der Waals surface area contributed by atoms with Gasteiger partial charge in [0.25, 0.3) is 5.91 Å². The van der Waals surface area contributed by atoms with Crippen LogP contribution in [0.25, 0.3) is 0 Å². The van der Waals surface area contributed by atoms with Crippen molar-refractivity contribution in [2.45, 2.75) is 38.8 Å². The summed E-state index contributed by atoms with van der Waals surface area (Å²) in [5.41, 5.74) is -2.36. The van der Waals surface area contributed by atoms with Crippen molar-refractivity contribution in [1.82, 2.24) is 5.32 Å². The molecule has 0 spiro atoms. The van der Waals surface area contributed by atoms with Crippen LogP contribution < -0.4 is 5.32 Å². The quantitative estimate of drug-likeness (QED) is 0.841. The number of benzene rings is 1. The molecule has 19 heavy (non-hydrogen) atoms. The molecule has 0 aliphatic heterocycles. The molecule has 106 valence electrons. The van der Waals surface area contributed by atoms with Crippen LogP contribution in [0.1, 0.15) is 38.1 Å². The van der Waals surface area contributed by atoms with E-state index in [4.69, 9.17) is 11.6 Å². The van der Waals surface area contributed by atoms with Crippen molar-refractivity contribution in [3.05, 3.63) is 34.4 Å².